The van der Waals surface area contributed by atoms with Gasteiger partial charge in [-0.2, -0.15) is 0 Å². The van der Waals surface area contributed by atoms with Crippen LogP contribution in [0.3, 0.4) is 0 Å². The molecule has 0 unspecified atom stereocenters. The van der Waals surface area contributed by atoms with Gasteiger partial charge in [-0.25, -0.2) is 4.98 Å². The molecule has 0 aliphatic carbocycles. The number of hydrogen-bond donors (Lipinski definition) is 1. The van der Waals surface area contributed by atoms with Gasteiger partial charge in [0.1, 0.15) is 11.9 Å². The zero-order valence-corrected chi connectivity index (χ0v) is 10.5. The van der Waals surface area contributed by atoms with Crippen molar-refractivity contribution in [3.05, 3.63) is 24.4 Å². The lowest BCUT2D eigenvalue weighted by molar-refractivity contribution is -0.120. The van der Waals surface area contributed by atoms with Gasteiger partial charge in [-0.05, 0) is 6.92 Å². The highest BCUT2D eigenvalue weighted by Crippen LogP contribution is 2.30. The summed E-state index contributed by atoms with van der Waals surface area (Å²) in [6.07, 6.45) is 1.45. The summed E-state index contributed by atoms with van der Waals surface area (Å²) in [5.74, 6) is 0.247. The molecule has 18 heavy (non-hydrogen) atoms. The molecule has 1 aromatic heterocycles. The summed E-state index contributed by atoms with van der Waals surface area (Å²) in [7, 11) is 3.38. The molecule has 1 aliphatic rings. The SMILES string of the molecule is C=C1N(C)C(=O)c2c(ncn2[C@@H](C)C(N)=O)N1C. The lowest BCUT2D eigenvalue weighted by Crippen LogP contribution is -2.41. The van der Waals surface area contributed by atoms with Crippen molar-refractivity contribution < 1.29 is 9.59 Å². The first-order chi connectivity index (χ1) is 8.36. The van der Waals surface area contributed by atoms with E-state index in [-0.39, 0.29) is 5.91 Å². The first kappa shape index (κ1) is 12.2. The molecule has 0 bridgehead atoms. The van der Waals surface area contributed by atoms with E-state index >= 15 is 0 Å². The zero-order chi connectivity index (χ0) is 13.6. The molecule has 2 amide bonds. The van der Waals surface area contributed by atoms with Gasteiger partial charge >= 0.3 is 0 Å². The van der Waals surface area contributed by atoms with E-state index < -0.39 is 11.9 Å². The Hall–Kier alpha value is -2.31. The number of hydrogen-bond acceptors (Lipinski definition) is 4. The molecule has 0 spiro atoms. The van der Waals surface area contributed by atoms with Crippen LogP contribution in [0.2, 0.25) is 0 Å². The summed E-state index contributed by atoms with van der Waals surface area (Å²) in [5, 5.41) is 0. The predicted octanol–water partition coefficient (Wildman–Crippen LogP) is -0.0776. The third kappa shape index (κ3) is 1.47. The maximum absolute atomic E-state index is 12.2. The molecule has 0 radical (unpaired) electrons. The highest BCUT2D eigenvalue weighted by molar-refractivity contribution is 6.01. The molecule has 0 fully saturated rings. The molecule has 2 N–H and O–H groups in total. The molecular formula is C11H15N5O2. The van der Waals surface area contributed by atoms with Gasteiger partial charge in [-0.15, -0.1) is 0 Å². The van der Waals surface area contributed by atoms with Crippen molar-refractivity contribution in [1.29, 1.82) is 0 Å². The van der Waals surface area contributed by atoms with Gasteiger partial charge in [0.25, 0.3) is 5.91 Å². The van der Waals surface area contributed by atoms with Crippen LogP contribution in [0.25, 0.3) is 0 Å². The van der Waals surface area contributed by atoms with Gasteiger partial charge in [0.05, 0.1) is 6.33 Å². The summed E-state index contributed by atoms with van der Waals surface area (Å²) in [5.41, 5.74) is 5.60. The fraction of sp³-hybridized carbons (Fsp3) is 0.364. The second kappa shape index (κ2) is 3.86. The van der Waals surface area contributed by atoms with Crippen LogP contribution in [0.1, 0.15) is 23.5 Å². The molecule has 7 heteroatoms. The molecule has 0 saturated heterocycles. The van der Waals surface area contributed by atoms with Crippen molar-refractivity contribution in [1.82, 2.24) is 14.5 Å². The van der Waals surface area contributed by atoms with Gasteiger partial charge in [-0.3, -0.25) is 14.5 Å². The fourth-order valence-corrected chi connectivity index (χ4v) is 1.86. The fourth-order valence-electron chi connectivity index (χ4n) is 1.86. The van der Waals surface area contributed by atoms with Crippen molar-refractivity contribution in [2.45, 2.75) is 13.0 Å². The number of nitrogens with zero attached hydrogens (tertiary/aromatic N) is 4. The maximum Gasteiger partial charge on any atom is 0.279 e. The molecule has 96 valence electrons. The molecule has 0 saturated carbocycles. The van der Waals surface area contributed by atoms with Crippen LogP contribution in [0.4, 0.5) is 5.82 Å². The van der Waals surface area contributed by atoms with Gasteiger partial charge in [0.15, 0.2) is 11.5 Å². The van der Waals surface area contributed by atoms with Gasteiger partial charge < -0.3 is 15.2 Å². The first-order valence-corrected chi connectivity index (χ1v) is 5.43. The maximum atomic E-state index is 12.2. The number of aromatic nitrogens is 2. The third-order valence-corrected chi connectivity index (χ3v) is 3.20. The number of nitrogens with two attached hydrogens (primary N) is 1. The second-order valence-corrected chi connectivity index (χ2v) is 4.24. The van der Waals surface area contributed by atoms with Crippen molar-refractivity contribution in [2.75, 3.05) is 19.0 Å². The van der Waals surface area contributed by atoms with E-state index in [1.807, 2.05) is 0 Å². The van der Waals surface area contributed by atoms with Crippen molar-refractivity contribution >= 4 is 17.6 Å². The first-order valence-electron chi connectivity index (χ1n) is 5.43. The number of fused-ring (bicyclic) bond motifs is 1. The van der Waals surface area contributed by atoms with Crippen molar-refractivity contribution in [2.24, 2.45) is 5.73 Å². The molecule has 0 aromatic carbocycles. The summed E-state index contributed by atoms with van der Waals surface area (Å²) < 4.78 is 1.49. The summed E-state index contributed by atoms with van der Waals surface area (Å²) in [6, 6.07) is -0.627. The van der Waals surface area contributed by atoms with Gasteiger partial charge in [0, 0.05) is 14.1 Å². The minimum atomic E-state index is -0.627. The highest BCUT2D eigenvalue weighted by atomic mass is 16.2. The Morgan fingerprint density at radius 2 is 2.06 bits per heavy atom. The summed E-state index contributed by atoms with van der Waals surface area (Å²) >= 11 is 0. The van der Waals surface area contributed by atoms with E-state index in [0.29, 0.717) is 17.3 Å². The predicted molar refractivity (Wildman–Crippen MR) is 65.8 cm³/mol. The summed E-state index contributed by atoms with van der Waals surface area (Å²) in [4.78, 5) is 30.7. The highest BCUT2D eigenvalue weighted by Gasteiger charge is 2.34. The lowest BCUT2D eigenvalue weighted by atomic mass is 10.2. The monoisotopic (exact) mass is 249 g/mol. The van der Waals surface area contributed by atoms with Gasteiger partial charge in [0.2, 0.25) is 5.91 Å². The summed E-state index contributed by atoms with van der Waals surface area (Å²) in [6.45, 7) is 5.43. The largest absolute Gasteiger partial charge is 0.368 e. The Kier molecular flexibility index (Phi) is 2.61. The zero-order valence-electron chi connectivity index (χ0n) is 10.5. The van der Waals surface area contributed by atoms with E-state index in [1.54, 1.807) is 25.9 Å². The number of carbonyl (C=O) groups excluding carboxylic acids is 2. The Labute approximate surface area is 104 Å². The number of anilines is 1. The lowest BCUT2D eigenvalue weighted by Gasteiger charge is -2.33. The van der Waals surface area contributed by atoms with Crippen LogP contribution in [0, 0.1) is 0 Å². The third-order valence-electron chi connectivity index (χ3n) is 3.20. The quantitative estimate of drug-likeness (QED) is 0.794. The Bertz CT molecular complexity index is 548. The van der Waals surface area contributed by atoms with E-state index in [9.17, 15) is 9.59 Å². The van der Waals surface area contributed by atoms with Crippen molar-refractivity contribution in [3.63, 3.8) is 0 Å². The molecule has 2 heterocycles. The standard InChI is InChI=1S/C11H15N5O2/c1-6(9(12)17)16-5-13-10-8(16)11(18)15(4)7(2)14(10)3/h5-6H,2H2,1,3-4H3,(H2,12,17)/t6-/m0/s1. The number of primary amides is 1. The molecular weight excluding hydrogens is 234 g/mol. The average molecular weight is 249 g/mol. The molecule has 1 atom stereocenters. The van der Waals surface area contributed by atoms with Crippen LogP contribution < -0.4 is 10.6 Å². The second-order valence-electron chi connectivity index (χ2n) is 4.24. The Morgan fingerprint density at radius 1 is 1.44 bits per heavy atom. The molecule has 1 aliphatic heterocycles. The number of imidazole rings is 1. The van der Waals surface area contributed by atoms with Gasteiger partial charge in [-0.1, -0.05) is 6.58 Å². The van der Waals surface area contributed by atoms with E-state index in [2.05, 4.69) is 11.6 Å². The van der Waals surface area contributed by atoms with Crippen LogP contribution in [-0.4, -0.2) is 40.4 Å². The minimum Gasteiger partial charge on any atom is -0.368 e. The average Bonchev–Trinajstić information content (AvgIpc) is 2.77. The van der Waals surface area contributed by atoms with Crippen LogP contribution in [0.15, 0.2) is 18.7 Å². The minimum absolute atomic E-state index is 0.251. The molecule has 2 rings (SSSR count). The Morgan fingerprint density at radius 3 is 2.61 bits per heavy atom. The van der Waals surface area contributed by atoms with E-state index in [0.717, 1.165) is 0 Å². The Balaban J connectivity index is 2.59. The van der Waals surface area contributed by atoms with E-state index in [4.69, 9.17) is 5.73 Å². The number of rotatable bonds is 2. The molecule has 7 nitrogen and oxygen atoms in total. The number of amides is 2. The van der Waals surface area contributed by atoms with Crippen LogP contribution in [-0.2, 0) is 4.79 Å². The van der Waals surface area contributed by atoms with Crippen LogP contribution in [0.5, 0.6) is 0 Å². The molecule has 1 aromatic rings. The van der Waals surface area contributed by atoms with Crippen LogP contribution >= 0.6 is 0 Å². The topological polar surface area (TPSA) is 84.5 Å². The smallest absolute Gasteiger partial charge is 0.279 e. The van der Waals surface area contributed by atoms with E-state index in [1.165, 1.54) is 15.8 Å². The number of carbonyl (C=O) groups is 2. The van der Waals surface area contributed by atoms with Crippen molar-refractivity contribution in [3.8, 4) is 0 Å². The normalized spacial score (nSPS) is 16.8.